The number of nitrogens with zero attached hydrogens (tertiary/aromatic N) is 4. The molecule has 0 bridgehead atoms. The van der Waals surface area contributed by atoms with Gasteiger partial charge in [0, 0.05) is 38.1 Å². The molecule has 0 radical (unpaired) electrons. The van der Waals surface area contributed by atoms with Crippen LogP contribution in [0, 0.1) is 0 Å². The topological polar surface area (TPSA) is 75.5 Å². The second-order valence-corrected chi connectivity index (χ2v) is 11.2. The summed E-state index contributed by atoms with van der Waals surface area (Å²) in [5.41, 5.74) is 1.22. The summed E-state index contributed by atoms with van der Waals surface area (Å²) in [5, 5.41) is 0.377. The second kappa shape index (κ2) is 6.86. The van der Waals surface area contributed by atoms with E-state index in [1.807, 2.05) is 4.90 Å². The molecule has 9 heteroatoms. The first-order valence-electron chi connectivity index (χ1n) is 9.56. The van der Waals surface area contributed by atoms with E-state index in [9.17, 15) is 13.2 Å². The molecule has 0 saturated carbocycles. The SMILES string of the molecule is CC(C)S(=O)(=O)N1CCN(c2nc3sc4c(c3c(=O)n2C)CCCC4)CC1. The van der Waals surface area contributed by atoms with Gasteiger partial charge < -0.3 is 4.90 Å². The van der Waals surface area contributed by atoms with Gasteiger partial charge in [0.05, 0.1) is 10.6 Å². The summed E-state index contributed by atoms with van der Waals surface area (Å²) in [4.78, 5) is 22.0. The van der Waals surface area contributed by atoms with Crippen molar-refractivity contribution in [2.75, 3.05) is 31.1 Å². The second-order valence-electron chi connectivity index (χ2n) is 7.65. The lowest BCUT2D eigenvalue weighted by Crippen LogP contribution is -2.51. The molecular weight excluding hydrogens is 384 g/mol. The smallest absolute Gasteiger partial charge is 0.263 e. The van der Waals surface area contributed by atoms with E-state index < -0.39 is 15.3 Å². The maximum atomic E-state index is 13.0. The first kappa shape index (κ1) is 18.9. The Hall–Kier alpha value is -1.45. The molecule has 0 N–H and O–H groups in total. The highest BCUT2D eigenvalue weighted by molar-refractivity contribution is 7.89. The fourth-order valence-corrected chi connectivity index (χ4v) is 6.51. The minimum atomic E-state index is -3.24. The largest absolute Gasteiger partial charge is 0.339 e. The first-order chi connectivity index (χ1) is 12.8. The summed E-state index contributed by atoms with van der Waals surface area (Å²) in [6.45, 7) is 5.36. The number of hydrogen-bond donors (Lipinski definition) is 0. The van der Waals surface area contributed by atoms with E-state index in [0.717, 1.165) is 29.5 Å². The quantitative estimate of drug-likeness (QED) is 0.770. The summed E-state index contributed by atoms with van der Waals surface area (Å²) in [7, 11) is -1.47. The summed E-state index contributed by atoms with van der Waals surface area (Å²) >= 11 is 1.65. The Morgan fingerprint density at radius 3 is 2.41 bits per heavy atom. The number of rotatable bonds is 3. The molecule has 2 aromatic heterocycles. The molecule has 27 heavy (non-hydrogen) atoms. The molecule has 0 unspecified atom stereocenters. The number of fused-ring (bicyclic) bond motifs is 3. The van der Waals surface area contributed by atoms with Gasteiger partial charge in [-0.25, -0.2) is 13.4 Å². The third-order valence-corrected chi connectivity index (χ3v) is 9.11. The van der Waals surface area contributed by atoms with Crippen LogP contribution >= 0.6 is 11.3 Å². The van der Waals surface area contributed by atoms with Crippen LogP contribution in [0.15, 0.2) is 4.79 Å². The molecule has 1 aliphatic heterocycles. The highest BCUT2D eigenvalue weighted by Gasteiger charge is 2.31. The van der Waals surface area contributed by atoms with Crippen molar-refractivity contribution in [2.24, 2.45) is 7.05 Å². The Labute approximate surface area is 163 Å². The molecule has 148 valence electrons. The number of hydrogen-bond acceptors (Lipinski definition) is 6. The van der Waals surface area contributed by atoms with Gasteiger partial charge in [-0.3, -0.25) is 9.36 Å². The maximum Gasteiger partial charge on any atom is 0.263 e. The lowest BCUT2D eigenvalue weighted by Gasteiger charge is -2.35. The molecule has 1 fully saturated rings. The van der Waals surface area contributed by atoms with Gasteiger partial charge in [0.15, 0.2) is 0 Å². The molecule has 1 saturated heterocycles. The van der Waals surface area contributed by atoms with Crippen LogP contribution in [0.2, 0.25) is 0 Å². The van der Waals surface area contributed by atoms with E-state index in [0.29, 0.717) is 32.1 Å². The van der Waals surface area contributed by atoms with E-state index in [-0.39, 0.29) is 5.56 Å². The molecule has 0 amide bonds. The fourth-order valence-electron chi connectivity index (χ4n) is 4.00. The lowest BCUT2D eigenvalue weighted by molar-refractivity contribution is 0.377. The van der Waals surface area contributed by atoms with Crippen LogP contribution in [0.1, 0.15) is 37.1 Å². The van der Waals surface area contributed by atoms with Crippen molar-refractivity contribution in [3.05, 3.63) is 20.8 Å². The van der Waals surface area contributed by atoms with Gasteiger partial charge in [0.25, 0.3) is 5.56 Å². The zero-order valence-corrected chi connectivity index (χ0v) is 17.7. The van der Waals surface area contributed by atoms with Crippen molar-refractivity contribution < 1.29 is 8.42 Å². The van der Waals surface area contributed by atoms with E-state index in [1.165, 1.54) is 16.9 Å². The van der Waals surface area contributed by atoms with Crippen molar-refractivity contribution in [3.63, 3.8) is 0 Å². The third-order valence-electron chi connectivity index (χ3n) is 5.65. The Morgan fingerprint density at radius 1 is 1.07 bits per heavy atom. The zero-order chi connectivity index (χ0) is 19.3. The van der Waals surface area contributed by atoms with Gasteiger partial charge in [0.2, 0.25) is 16.0 Å². The summed E-state index contributed by atoms with van der Waals surface area (Å²) in [6, 6.07) is 0. The van der Waals surface area contributed by atoms with Crippen molar-refractivity contribution in [1.29, 1.82) is 0 Å². The summed E-state index contributed by atoms with van der Waals surface area (Å²) in [5.74, 6) is 0.646. The maximum absolute atomic E-state index is 13.0. The normalized spacial score (nSPS) is 19.0. The highest BCUT2D eigenvalue weighted by Crippen LogP contribution is 2.34. The molecular formula is C18H26N4O3S2. The van der Waals surface area contributed by atoms with Gasteiger partial charge in [-0.15, -0.1) is 11.3 Å². The predicted octanol–water partition coefficient (Wildman–Crippen LogP) is 1.73. The zero-order valence-electron chi connectivity index (χ0n) is 16.1. The number of aryl methyl sites for hydroxylation is 2. The Bertz CT molecular complexity index is 1030. The number of thiophene rings is 1. The highest BCUT2D eigenvalue weighted by atomic mass is 32.2. The number of sulfonamides is 1. The monoisotopic (exact) mass is 410 g/mol. The number of piperazine rings is 1. The van der Waals surface area contributed by atoms with Crippen LogP contribution in [0.3, 0.4) is 0 Å². The molecule has 0 atom stereocenters. The average Bonchev–Trinajstić information content (AvgIpc) is 3.03. The minimum absolute atomic E-state index is 0.0200. The van der Waals surface area contributed by atoms with Crippen LogP contribution in [-0.4, -0.2) is 53.7 Å². The summed E-state index contributed by atoms with van der Waals surface area (Å²) < 4.78 is 27.9. The van der Waals surface area contributed by atoms with Gasteiger partial charge in [-0.05, 0) is 45.1 Å². The molecule has 4 rings (SSSR count). The lowest BCUT2D eigenvalue weighted by atomic mass is 9.97. The molecule has 1 aliphatic carbocycles. The van der Waals surface area contributed by atoms with Crippen LogP contribution in [0.25, 0.3) is 10.2 Å². The van der Waals surface area contributed by atoms with Gasteiger partial charge in [0.1, 0.15) is 4.83 Å². The molecule has 0 aromatic carbocycles. The van der Waals surface area contributed by atoms with E-state index in [2.05, 4.69) is 0 Å². The molecule has 0 spiro atoms. The van der Waals surface area contributed by atoms with E-state index in [4.69, 9.17) is 4.98 Å². The Kier molecular flexibility index (Phi) is 4.80. The average molecular weight is 411 g/mol. The third kappa shape index (κ3) is 3.09. The van der Waals surface area contributed by atoms with Crippen molar-refractivity contribution >= 4 is 37.5 Å². The first-order valence-corrected chi connectivity index (χ1v) is 11.9. The van der Waals surface area contributed by atoms with Crippen LogP contribution in [-0.2, 0) is 29.9 Å². The van der Waals surface area contributed by atoms with E-state index in [1.54, 1.807) is 41.1 Å². The van der Waals surface area contributed by atoms with Gasteiger partial charge in [-0.2, -0.15) is 4.31 Å². The van der Waals surface area contributed by atoms with Gasteiger partial charge in [-0.1, -0.05) is 0 Å². The van der Waals surface area contributed by atoms with Crippen molar-refractivity contribution in [2.45, 2.75) is 44.8 Å². The molecule has 7 nitrogen and oxygen atoms in total. The van der Waals surface area contributed by atoms with Crippen LogP contribution < -0.4 is 10.5 Å². The van der Waals surface area contributed by atoms with Crippen LogP contribution in [0.4, 0.5) is 5.95 Å². The van der Waals surface area contributed by atoms with Gasteiger partial charge >= 0.3 is 0 Å². The minimum Gasteiger partial charge on any atom is -0.339 e. The predicted molar refractivity (Wildman–Crippen MR) is 109 cm³/mol. The van der Waals surface area contributed by atoms with Crippen molar-refractivity contribution in [1.82, 2.24) is 13.9 Å². The van der Waals surface area contributed by atoms with E-state index >= 15 is 0 Å². The Balaban J connectivity index is 1.66. The fraction of sp³-hybridized carbons (Fsp3) is 0.667. The van der Waals surface area contributed by atoms with Crippen LogP contribution in [0.5, 0.6) is 0 Å². The molecule has 3 heterocycles. The molecule has 2 aliphatic rings. The Morgan fingerprint density at radius 2 is 1.74 bits per heavy atom. The summed E-state index contributed by atoms with van der Waals surface area (Å²) in [6.07, 6.45) is 4.33. The number of anilines is 1. The molecule has 2 aromatic rings. The number of aromatic nitrogens is 2. The van der Waals surface area contributed by atoms with Crippen molar-refractivity contribution in [3.8, 4) is 0 Å². The standard InChI is InChI=1S/C18H26N4O3S2/c1-12(2)27(24,25)22-10-8-21(9-11-22)18-19-16-15(17(23)20(18)3)13-6-4-5-7-14(13)26-16/h12H,4-11H2,1-3H3.